The molecule has 0 aliphatic heterocycles. The van der Waals surface area contributed by atoms with E-state index in [1.807, 2.05) is 31.6 Å². The highest BCUT2D eigenvalue weighted by Crippen LogP contribution is 2.24. The normalized spacial score (nSPS) is 18.3. The molecule has 1 aliphatic rings. The molecule has 2 atom stereocenters. The number of halogens is 1. The molecule has 3 heterocycles. The monoisotopic (exact) mass is 433 g/mol. The molecule has 0 bridgehead atoms. The van der Waals surface area contributed by atoms with Crippen LogP contribution in [-0.4, -0.2) is 42.3 Å². The topological polar surface area (TPSA) is 84.5 Å². The number of aromatic nitrogens is 4. The van der Waals surface area contributed by atoms with Crippen LogP contribution >= 0.6 is 0 Å². The summed E-state index contributed by atoms with van der Waals surface area (Å²) >= 11 is 0. The fraction of sp³-hybridized carbons (Fsp3) is 0.292. The first-order valence-corrected chi connectivity index (χ1v) is 10.7. The van der Waals surface area contributed by atoms with Crippen molar-refractivity contribution in [3.05, 3.63) is 77.6 Å². The number of nitrogens with one attached hydrogen (secondary N) is 1. The van der Waals surface area contributed by atoms with Gasteiger partial charge in [-0.3, -0.25) is 9.48 Å². The van der Waals surface area contributed by atoms with E-state index in [0.717, 1.165) is 18.4 Å². The lowest BCUT2D eigenvalue weighted by Crippen LogP contribution is -2.40. The number of aliphatic hydroxyl groups excluding tert-OH is 1. The van der Waals surface area contributed by atoms with Crippen LogP contribution in [0.4, 0.5) is 4.39 Å². The van der Waals surface area contributed by atoms with Gasteiger partial charge in [0.1, 0.15) is 11.5 Å². The number of benzene rings is 1. The van der Waals surface area contributed by atoms with Crippen LogP contribution in [-0.2, 0) is 13.5 Å². The van der Waals surface area contributed by atoms with Crippen molar-refractivity contribution in [3.63, 3.8) is 0 Å². The molecule has 0 saturated heterocycles. The third-order valence-electron chi connectivity index (χ3n) is 6.04. The summed E-state index contributed by atoms with van der Waals surface area (Å²) < 4.78 is 18.3. The smallest absolute Gasteiger partial charge is 0.255 e. The first-order chi connectivity index (χ1) is 15.5. The summed E-state index contributed by atoms with van der Waals surface area (Å²) in [6.45, 7) is 0. The van der Waals surface area contributed by atoms with E-state index in [1.54, 1.807) is 33.6 Å². The molecule has 164 valence electrons. The van der Waals surface area contributed by atoms with Crippen LogP contribution in [0.5, 0.6) is 0 Å². The van der Waals surface area contributed by atoms with E-state index in [0.29, 0.717) is 40.9 Å². The first kappa shape index (κ1) is 20.4. The second-order valence-corrected chi connectivity index (χ2v) is 8.36. The van der Waals surface area contributed by atoms with Crippen LogP contribution < -0.4 is 5.32 Å². The number of pyridine rings is 1. The van der Waals surface area contributed by atoms with E-state index in [-0.39, 0.29) is 17.8 Å². The predicted molar refractivity (Wildman–Crippen MR) is 118 cm³/mol. The maximum Gasteiger partial charge on any atom is 0.255 e. The molecule has 8 heteroatoms. The summed E-state index contributed by atoms with van der Waals surface area (Å²) in [6, 6.07) is 8.44. The number of carbonyl (C=O) groups is 1. The summed E-state index contributed by atoms with van der Waals surface area (Å²) in [5.74, 6) is -0.598. The van der Waals surface area contributed by atoms with Crippen molar-refractivity contribution in [2.24, 2.45) is 7.05 Å². The van der Waals surface area contributed by atoms with Crippen LogP contribution in [0.1, 0.15) is 40.7 Å². The second kappa shape index (κ2) is 8.20. The average Bonchev–Trinajstić information content (AvgIpc) is 3.51. The number of hydrogen-bond donors (Lipinski definition) is 2. The van der Waals surface area contributed by atoms with Gasteiger partial charge in [0.25, 0.3) is 5.91 Å². The summed E-state index contributed by atoms with van der Waals surface area (Å²) in [4.78, 5) is 17.3. The number of fused-ring (bicyclic) bond motifs is 1. The van der Waals surface area contributed by atoms with Crippen molar-refractivity contribution in [2.45, 2.75) is 37.8 Å². The highest BCUT2D eigenvalue weighted by Gasteiger charge is 2.27. The number of amides is 1. The van der Waals surface area contributed by atoms with Gasteiger partial charge < -0.3 is 14.8 Å². The predicted octanol–water partition coefficient (Wildman–Crippen LogP) is 3.11. The lowest BCUT2D eigenvalue weighted by Gasteiger charge is -2.17. The second-order valence-electron chi connectivity index (χ2n) is 8.36. The van der Waals surface area contributed by atoms with E-state index in [9.17, 15) is 14.3 Å². The molecule has 1 fully saturated rings. The van der Waals surface area contributed by atoms with E-state index in [4.69, 9.17) is 0 Å². The third-order valence-corrected chi connectivity index (χ3v) is 6.04. The van der Waals surface area contributed by atoms with Crippen LogP contribution in [0.15, 0.2) is 55.1 Å². The molecule has 1 amide bonds. The minimum Gasteiger partial charge on any atom is -0.391 e. The van der Waals surface area contributed by atoms with E-state index < -0.39 is 6.10 Å². The molecule has 2 N–H and O–H groups in total. The SMILES string of the molecule is Cn1ccc(-c2ccc(Cc3cc(C(=O)N[C@H]4CCC[C@@H]4O)c4nccn4c3)c(F)c2)n1. The number of carbonyl (C=O) groups excluding carboxylic acids is 1. The number of aliphatic hydroxyl groups is 1. The van der Waals surface area contributed by atoms with Gasteiger partial charge in [0, 0.05) is 43.8 Å². The van der Waals surface area contributed by atoms with Gasteiger partial charge in [-0.25, -0.2) is 9.37 Å². The van der Waals surface area contributed by atoms with Crippen LogP contribution in [0.2, 0.25) is 0 Å². The highest BCUT2D eigenvalue weighted by atomic mass is 19.1. The molecule has 0 unspecified atom stereocenters. The van der Waals surface area contributed by atoms with E-state index in [1.165, 1.54) is 6.07 Å². The lowest BCUT2D eigenvalue weighted by atomic mass is 10.0. The molecule has 1 saturated carbocycles. The van der Waals surface area contributed by atoms with Gasteiger partial charge in [0.15, 0.2) is 0 Å². The van der Waals surface area contributed by atoms with Gasteiger partial charge in [0.05, 0.1) is 23.4 Å². The zero-order chi connectivity index (χ0) is 22.2. The number of imidazole rings is 1. The van der Waals surface area contributed by atoms with Crippen molar-refractivity contribution in [2.75, 3.05) is 0 Å². The maximum absolute atomic E-state index is 14.9. The molecular formula is C24H24FN5O2. The summed E-state index contributed by atoms with van der Waals surface area (Å²) in [7, 11) is 1.82. The van der Waals surface area contributed by atoms with Crippen molar-refractivity contribution >= 4 is 11.6 Å². The standard InChI is InChI=1S/C24H24FN5O2/c1-29-9-7-20(28-29)17-6-5-16(19(25)13-17)11-15-12-18(23-26-8-10-30(23)14-15)24(32)27-21-3-2-4-22(21)31/h5-10,12-14,21-22,31H,2-4,11H2,1H3,(H,27,32)/t21-,22-/m0/s1. The molecule has 1 aromatic carbocycles. The number of nitrogens with zero attached hydrogens (tertiary/aromatic N) is 4. The maximum atomic E-state index is 14.9. The summed E-state index contributed by atoms with van der Waals surface area (Å²) in [5, 5.41) is 17.3. The molecule has 3 aromatic heterocycles. The zero-order valence-electron chi connectivity index (χ0n) is 17.7. The molecule has 0 radical (unpaired) electrons. The number of hydrogen-bond acceptors (Lipinski definition) is 4. The van der Waals surface area contributed by atoms with Crippen molar-refractivity contribution < 1.29 is 14.3 Å². The Morgan fingerprint density at radius 2 is 2.12 bits per heavy atom. The van der Waals surface area contributed by atoms with Gasteiger partial charge in [-0.1, -0.05) is 12.1 Å². The number of aryl methyl sites for hydroxylation is 1. The first-order valence-electron chi connectivity index (χ1n) is 10.7. The van der Waals surface area contributed by atoms with E-state index >= 15 is 0 Å². The largest absolute Gasteiger partial charge is 0.391 e. The average molecular weight is 433 g/mol. The Labute approximate surface area is 184 Å². The summed E-state index contributed by atoms with van der Waals surface area (Å²) in [5.41, 5.74) is 3.69. The zero-order valence-corrected chi connectivity index (χ0v) is 17.7. The number of rotatable bonds is 5. The van der Waals surface area contributed by atoms with Crippen LogP contribution in [0, 0.1) is 5.82 Å². The Balaban J connectivity index is 1.43. The molecule has 7 nitrogen and oxygen atoms in total. The minimum atomic E-state index is -0.524. The van der Waals surface area contributed by atoms with Crippen molar-refractivity contribution in [3.8, 4) is 11.3 Å². The quantitative estimate of drug-likeness (QED) is 0.507. The van der Waals surface area contributed by atoms with E-state index in [2.05, 4.69) is 15.4 Å². The Bertz CT molecular complexity index is 1290. The molecule has 1 aliphatic carbocycles. The fourth-order valence-electron chi connectivity index (χ4n) is 4.35. The van der Waals surface area contributed by atoms with Gasteiger partial charge in [-0.15, -0.1) is 0 Å². The molecule has 0 spiro atoms. The molecule has 5 rings (SSSR count). The van der Waals surface area contributed by atoms with Crippen molar-refractivity contribution in [1.29, 1.82) is 0 Å². The van der Waals surface area contributed by atoms with Gasteiger partial charge in [0.2, 0.25) is 0 Å². The fourth-order valence-corrected chi connectivity index (χ4v) is 4.35. The highest BCUT2D eigenvalue weighted by molar-refractivity contribution is 6.00. The van der Waals surface area contributed by atoms with Crippen LogP contribution in [0.25, 0.3) is 16.9 Å². The Kier molecular flexibility index (Phi) is 5.22. The van der Waals surface area contributed by atoms with Crippen LogP contribution in [0.3, 0.4) is 0 Å². The van der Waals surface area contributed by atoms with Gasteiger partial charge in [-0.2, -0.15) is 5.10 Å². The summed E-state index contributed by atoms with van der Waals surface area (Å²) in [6.07, 6.45) is 9.21. The Morgan fingerprint density at radius 3 is 2.84 bits per heavy atom. The third kappa shape index (κ3) is 3.89. The molecule has 4 aromatic rings. The molecule has 32 heavy (non-hydrogen) atoms. The van der Waals surface area contributed by atoms with Gasteiger partial charge >= 0.3 is 0 Å². The molecular weight excluding hydrogens is 409 g/mol. The minimum absolute atomic E-state index is 0.252. The lowest BCUT2D eigenvalue weighted by molar-refractivity contribution is 0.0874. The Hall–Kier alpha value is -3.52. The Morgan fingerprint density at radius 1 is 1.25 bits per heavy atom. The van der Waals surface area contributed by atoms with Gasteiger partial charge in [-0.05, 0) is 48.6 Å². The van der Waals surface area contributed by atoms with Crippen molar-refractivity contribution in [1.82, 2.24) is 24.5 Å².